The summed E-state index contributed by atoms with van der Waals surface area (Å²) in [5.74, 6) is -0.542. The van der Waals surface area contributed by atoms with E-state index < -0.39 is 16.4 Å². The maximum absolute atomic E-state index is 10.9. The van der Waals surface area contributed by atoms with Gasteiger partial charge in [0.05, 0.1) is 6.07 Å². The average molecular weight is 220 g/mol. The van der Waals surface area contributed by atoms with Crippen LogP contribution in [0.1, 0.15) is 20.8 Å². The molecule has 4 heteroatoms. The van der Waals surface area contributed by atoms with Gasteiger partial charge in [0, 0.05) is 0 Å². The van der Waals surface area contributed by atoms with Gasteiger partial charge in [0.15, 0.2) is 4.83 Å². The number of esters is 1. The van der Waals surface area contributed by atoms with Crippen LogP contribution in [-0.2, 0) is 9.53 Å². The van der Waals surface area contributed by atoms with Crippen molar-refractivity contribution in [3.8, 4) is 6.07 Å². The topological polar surface area (TPSA) is 50.1 Å². The molecule has 0 aromatic carbocycles. The molecule has 0 heterocycles. The van der Waals surface area contributed by atoms with Gasteiger partial charge in [-0.3, -0.25) is 0 Å². The maximum atomic E-state index is 10.9. The Balaban J connectivity index is 4.01. The number of nitrogens with zero attached hydrogens (tertiary/aromatic N) is 1. The smallest absolute Gasteiger partial charge is 0.334 e. The Morgan fingerprint density at radius 3 is 2.36 bits per heavy atom. The summed E-state index contributed by atoms with van der Waals surface area (Å²) < 4.78 is 4.88. The third kappa shape index (κ3) is 4.79. The second kappa shape index (κ2) is 3.72. The molecule has 1 atom stereocenters. The van der Waals surface area contributed by atoms with Crippen LogP contribution in [-0.4, -0.2) is 16.4 Å². The summed E-state index contributed by atoms with van der Waals surface area (Å²) in [6.45, 7) is 5.26. The number of nitriles is 1. The van der Waals surface area contributed by atoms with Gasteiger partial charge >= 0.3 is 5.97 Å². The van der Waals surface area contributed by atoms with Crippen molar-refractivity contribution in [2.45, 2.75) is 31.2 Å². The van der Waals surface area contributed by atoms with Crippen LogP contribution in [0.3, 0.4) is 0 Å². The van der Waals surface area contributed by atoms with Crippen molar-refractivity contribution < 1.29 is 9.53 Å². The first-order valence-corrected chi connectivity index (χ1v) is 4.05. The quantitative estimate of drug-likeness (QED) is 0.498. The molecule has 0 aliphatic rings. The third-order valence-corrected chi connectivity index (χ3v) is 1.31. The fourth-order valence-corrected chi connectivity index (χ4v) is 0.500. The predicted molar refractivity (Wildman–Crippen MR) is 44.2 cm³/mol. The Labute approximate surface area is 74.5 Å². The van der Waals surface area contributed by atoms with Crippen molar-refractivity contribution in [3.63, 3.8) is 0 Å². The number of carbonyl (C=O) groups excluding carboxylic acids is 1. The number of carbonyl (C=O) groups is 1. The second-order valence-corrected chi connectivity index (χ2v) is 3.94. The Kier molecular flexibility index (Phi) is 3.53. The molecule has 0 radical (unpaired) electrons. The standard InChI is InChI=1S/C7H10BrNO2/c1-7(2,3)11-6(10)5(8)4-9/h5H,1-3H3. The summed E-state index contributed by atoms with van der Waals surface area (Å²) in [7, 11) is 0. The summed E-state index contributed by atoms with van der Waals surface area (Å²) >= 11 is 2.86. The van der Waals surface area contributed by atoms with Crippen molar-refractivity contribution in [3.05, 3.63) is 0 Å². The van der Waals surface area contributed by atoms with E-state index in [1.807, 2.05) is 0 Å². The number of hydrogen-bond donors (Lipinski definition) is 0. The maximum Gasteiger partial charge on any atom is 0.334 e. The molecule has 62 valence electrons. The summed E-state index contributed by atoms with van der Waals surface area (Å²) in [5, 5.41) is 8.30. The fraction of sp³-hybridized carbons (Fsp3) is 0.714. The Hall–Kier alpha value is -0.560. The average Bonchev–Trinajstić information content (AvgIpc) is 1.82. The van der Waals surface area contributed by atoms with Crippen LogP contribution in [0.15, 0.2) is 0 Å². The van der Waals surface area contributed by atoms with Crippen LogP contribution in [0.4, 0.5) is 0 Å². The van der Waals surface area contributed by atoms with Crippen LogP contribution in [0, 0.1) is 11.3 Å². The summed E-state index contributed by atoms with van der Waals surface area (Å²) in [5.41, 5.74) is -0.528. The van der Waals surface area contributed by atoms with Crippen LogP contribution >= 0.6 is 15.9 Å². The number of rotatable bonds is 1. The van der Waals surface area contributed by atoms with E-state index in [9.17, 15) is 4.79 Å². The molecular formula is C7H10BrNO2. The van der Waals surface area contributed by atoms with Crippen molar-refractivity contribution in [1.82, 2.24) is 0 Å². The highest BCUT2D eigenvalue weighted by Gasteiger charge is 2.22. The molecule has 0 aliphatic carbocycles. The second-order valence-electron chi connectivity index (χ2n) is 3.03. The fourth-order valence-electron chi connectivity index (χ4n) is 0.406. The molecule has 11 heavy (non-hydrogen) atoms. The minimum Gasteiger partial charge on any atom is -0.458 e. The van der Waals surface area contributed by atoms with Crippen LogP contribution < -0.4 is 0 Å². The normalized spacial score (nSPS) is 13.4. The molecule has 1 unspecified atom stereocenters. The number of hydrogen-bond acceptors (Lipinski definition) is 3. The minimum absolute atomic E-state index is 0.528. The molecule has 3 nitrogen and oxygen atoms in total. The SMILES string of the molecule is CC(C)(C)OC(=O)C(Br)C#N. The van der Waals surface area contributed by atoms with E-state index in [4.69, 9.17) is 10.00 Å². The van der Waals surface area contributed by atoms with Gasteiger partial charge in [-0.05, 0) is 20.8 Å². The molecule has 0 saturated heterocycles. The molecular weight excluding hydrogens is 210 g/mol. The summed E-state index contributed by atoms with van der Waals surface area (Å²) in [6.07, 6.45) is 0. The largest absolute Gasteiger partial charge is 0.458 e. The van der Waals surface area contributed by atoms with E-state index in [-0.39, 0.29) is 0 Å². The van der Waals surface area contributed by atoms with Gasteiger partial charge < -0.3 is 4.74 Å². The lowest BCUT2D eigenvalue weighted by molar-refractivity contribution is -0.152. The molecule has 0 fully saturated rings. The van der Waals surface area contributed by atoms with Gasteiger partial charge in [-0.1, -0.05) is 15.9 Å². The molecule has 0 aromatic rings. The minimum atomic E-state index is -0.860. The highest BCUT2D eigenvalue weighted by atomic mass is 79.9. The van der Waals surface area contributed by atoms with Gasteiger partial charge in [0.2, 0.25) is 0 Å². The summed E-state index contributed by atoms with van der Waals surface area (Å²) in [6, 6.07) is 1.73. The molecule has 0 bridgehead atoms. The summed E-state index contributed by atoms with van der Waals surface area (Å²) in [4.78, 5) is 10.0. The van der Waals surface area contributed by atoms with E-state index in [0.717, 1.165) is 0 Å². The zero-order valence-electron chi connectivity index (χ0n) is 6.72. The van der Waals surface area contributed by atoms with Crippen molar-refractivity contribution >= 4 is 21.9 Å². The van der Waals surface area contributed by atoms with Crippen molar-refractivity contribution in [2.75, 3.05) is 0 Å². The number of alkyl halides is 1. The van der Waals surface area contributed by atoms with E-state index >= 15 is 0 Å². The van der Waals surface area contributed by atoms with Gasteiger partial charge in [-0.15, -0.1) is 0 Å². The van der Waals surface area contributed by atoms with Gasteiger partial charge in [0.1, 0.15) is 5.60 Å². The van der Waals surface area contributed by atoms with Gasteiger partial charge in [-0.2, -0.15) is 5.26 Å². The lowest BCUT2D eigenvalue weighted by Gasteiger charge is -2.19. The van der Waals surface area contributed by atoms with E-state index in [2.05, 4.69) is 15.9 Å². The first-order valence-electron chi connectivity index (χ1n) is 3.13. The van der Waals surface area contributed by atoms with Crippen LogP contribution in [0.2, 0.25) is 0 Å². The van der Waals surface area contributed by atoms with E-state index in [0.29, 0.717) is 0 Å². The van der Waals surface area contributed by atoms with Crippen molar-refractivity contribution in [1.29, 1.82) is 5.26 Å². The highest BCUT2D eigenvalue weighted by molar-refractivity contribution is 9.10. The van der Waals surface area contributed by atoms with E-state index in [1.165, 1.54) is 0 Å². The monoisotopic (exact) mass is 219 g/mol. The van der Waals surface area contributed by atoms with Crippen molar-refractivity contribution in [2.24, 2.45) is 0 Å². The first-order chi connectivity index (χ1) is 4.87. The number of ether oxygens (including phenoxy) is 1. The number of halogens is 1. The van der Waals surface area contributed by atoms with Crippen LogP contribution in [0.25, 0.3) is 0 Å². The molecule has 0 saturated carbocycles. The first kappa shape index (κ1) is 10.4. The van der Waals surface area contributed by atoms with E-state index in [1.54, 1.807) is 26.8 Å². The predicted octanol–water partition coefficient (Wildman–Crippen LogP) is 1.62. The van der Waals surface area contributed by atoms with Gasteiger partial charge in [0.25, 0.3) is 0 Å². The lowest BCUT2D eigenvalue weighted by atomic mass is 10.2. The molecule has 0 amide bonds. The van der Waals surface area contributed by atoms with Crippen LogP contribution in [0.5, 0.6) is 0 Å². The lowest BCUT2D eigenvalue weighted by Crippen LogP contribution is -2.28. The zero-order chi connectivity index (χ0) is 9.07. The van der Waals surface area contributed by atoms with Gasteiger partial charge in [-0.25, -0.2) is 4.79 Å². The highest BCUT2D eigenvalue weighted by Crippen LogP contribution is 2.11. The Morgan fingerprint density at radius 1 is 1.64 bits per heavy atom. The zero-order valence-corrected chi connectivity index (χ0v) is 8.31. The molecule has 0 aromatic heterocycles. The molecule has 0 aliphatic heterocycles. The molecule has 0 rings (SSSR count). The Bertz CT molecular complexity index is 190. The third-order valence-electron chi connectivity index (χ3n) is 0.727. The molecule has 0 spiro atoms. The Morgan fingerprint density at radius 2 is 2.09 bits per heavy atom. The molecule has 0 N–H and O–H groups in total.